The molecule has 1 aliphatic rings. The first-order chi connectivity index (χ1) is 5.74. The summed E-state index contributed by atoms with van der Waals surface area (Å²) in [7, 11) is 2.11. The van der Waals surface area contributed by atoms with Crippen molar-refractivity contribution in [3.8, 4) is 0 Å². The molecule has 2 unspecified atom stereocenters. The zero-order chi connectivity index (χ0) is 8.97. The second kappa shape index (κ2) is 4.80. The van der Waals surface area contributed by atoms with E-state index in [0.717, 1.165) is 32.5 Å². The summed E-state index contributed by atoms with van der Waals surface area (Å²) in [4.78, 5) is 2.26. The Morgan fingerprint density at radius 3 is 2.92 bits per heavy atom. The van der Waals surface area contributed by atoms with Crippen LogP contribution < -0.4 is 5.73 Å². The maximum absolute atomic E-state index is 5.94. The van der Waals surface area contributed by atoms with Gasteiger partial charge in [0, 0.05) is 25.7 Å². The van der Waals surface area contributed by atoms with Crippen molar-refractivity contribution in [3.63, 3.8) is 0 Å². The minimum Gasteiger partial charge on any atom is -0.377 e. The monoisotopic (exact) mass is 172 g/mol. The molecule has 0 bridgehead atoms. The molecule has 3 heteroatoms. The van der Waals surface area contributed by atoms with E-state index < -0.39 is 0 Å². The summed E-state index contributed by atoms with van der Waals surface area (Å²) in [5, 5.41) is 0. The van der Waals surface area contributed by atoms with Crippen molar-refractivity contribution in [2.75, 3.05) is 26.7 Å². The molecular formula is C9H20N2O. The van der Waals surface area contributed by atoms with Crippen molar-refractivity contribution in [1.82, 2.24) is 4.90 Å². The quantitative estimate of drug-likeness (QED) is 0.671. The molecule has 0 aromatic rings. The standard InChI is InChI=1S/C9H20N2O/c1-3-6-12-9-4-5-11(2)7-8(9)10/h8-9H,3-7,10H2,1-2H3. The number of hydrogen-bond acceptors (Lipinski definition) is 3. The Morgan fingerprint density at radius 2 is 2.33 bits per heavy atom. The number of nitrogens with two attached hydrogens (primary N) is 1. The summed E-state index contributed by atoms with van der Waals surface area (Å²) in [6, 6.07) is 0.204. The van der Waals surface area contributed by atoms with Gasteiger partial charge >= 0.3 is 0 Å². The molecule has 0 aromatic carbocycles. The molecule has 1 saturated heterocycles. The van der Waals surface area contributed by atoms with E-state index in [-0.39, 0.29) is 6.04 Å². The van der Waals surface area contributed by atoms with Gasteiger partial charge in [0.2, 0.25) is 0 Å². The Morgan fingerprint density at radius 1 is 1.58 bits per heavy atom. The molecule has 0 radical (unpaired) electrons. The summed E-state index contributed by atoms with van der Waals surface area (Å²) in [6.45, 7) is 5.05. The average Bonchev–Trinajstić information content (AvgIpc) is 2.03. The highest BCUT2D eigenvalue weighted by molar-refractivity contribution is 4.82. The van der Waals surface area contributed by atoms with Crippen LogP contribution >= 0.6 is 0 Å². The van der Waals surface area contributed by atoms with Crippen molar-refractivity contribution in [2.45, 2.75) is 31.9 Å². The van der Waals surface area contributed by atoms with Crippen molar-refractivity contribution < 1.29 is 4.74 Å². The van der Waals surface area contributed by atoms with Crippen molar-refractivity contribution in [1.29, 1.82) is 0 Å². The second-order valence-electron chi connectivity index (χ2n) is 3.62. The Kier molecular flexibility index (Phi) is 3.98. The van der Waals surface area contributed by atoms with Gasteiger partial charge in [0.25, 0.3) is 0 Å². The largest absolute Gasteiger partial charge is 0.377 e. The van der Waals surface area contributed by atoms with E-state index in [1.165, 1.54) is 0 Å². The smallest absolute Gasteiger partial charge is 0.0750 e. The van der Waals surface area contributed by atoms with Crippen LogP contribution in [0.2, 0.25) is 0 Å². The van der Waals surface area contributed by atoms with Gasteiger partial charge in [-0.3, -0.25) is 0 Å². The van der Waals surface area contributed by atoms with Crippen LogP contribution in [-0.2, 0) is 4.74 Å². The van der Waals surface area contributed by atoms with Crippen LogP contribution in [0.1, 0.15) is 19.8 Å². The number of hydrogen-bond donors (Lipinski definition) is 1. The molecule has 2 atom stereocenters. The number of nitrogens with zero attached hydrogens (tertiary/aromatic N) is 1. The Bertz CT molecular complexity index is 128. The minimum absolute atomic E-state index is 0.204. The highest BCUT2D eigenvalue weighted by Gasteiger charge is 2.24. The number of likely N-dealkylation sites (tertiary alicyclic amines) is 1. The molecule has 1 aliphatic heterocycles. The number of piperidine rings is 1. The highest BCUT2D eigenvalue weighted by Crippen LogP contribution is 2.11. The van der Waals surface area contributed by atoms with Crippen LogP contribution in [0.25, 0.3) is 0 Å². The summed E-state index contributed by atoms with van der Waals surface area (Å²) in [5.41, 5.74) is 5.94. The third-order valence-corrected chi connectivity index (χ3v) is 2.33. The molecule has 1 fully saturated rings. The van der Waals surface area contributed by atoms with E-state index in [9.17, 15) is 0 Å². The van der Waals surface area contributed by atoms with Gasteiger partial charge in [-0.2, -0.15) is 0 Å². The van der Waals surface area contributed by atoms with Crippen molar-refractivity contribution >= 4 is 0 Å². The molecule has 2 N–H and O–H groups in total. The first kappa shape index (κ1) is 9.96. The van der Waals surface area contributed by atoms with Gasteiger partial charge < -0.3 is 15.4 Å². The SMILES string of the molecule is CCCOC1CCN(C)CC1N. The van der Waals surface area contributed by atoms with Crippen LogP contribution in [0.4, 0.5) is 0 Å². The first-order valence-corrected chi connectivity index (χ1v) is 4.79. The zero-order valence-corrected chi connectivity index (χ0v) is 8.12. The van der Waals surface area contributed by atoms with Crippen LogP contribution in [0, 0.1) is 0 Å². The number of likely N-dealkylation sites (N-methyl/N-ethyl adjacent to an activating group) is 1. The van der Waals surface area contributed by atoms with Crippen LogP contribution in [0.5, 0.6) is 0 Å². The first-order valence-electron chi connectivity index (χ1n) is 4.79. The number of rotatable bonds is 3. The van der Waals surface area contributed by atoms with Gasteiger partial charge in [0.05, 0.1) is 6.10 Å². The molecule has 1 heterocycles. The lowest BCUT2D eigenvalue weighted by molar-refractivity contribution is -0.00106. The van der Waals surface area contributed by atoms with E-state index in [4.69, 9.17) is 10.5 Å². The van der Waals surface area contributed by atoms with E-state index in [0.29, 0.717) is 6.10 Å². The maximum Gasteiger partial charge on any atom is 0.0750 e. The molecule has 72 valence electrons. The lowest BCUT2D eigenvalue weighted by Crippen LogP contribution is -2.51. The fourth-order valence-electron chi connectivity index (χ4n) is 1.61. The molecule has 0 spiro atoms. The second-order valence-corrected chi connectivity index (χ2v) is 3.62. The maximum atomic E-state index is 5.94. The molecule has 0 saturated carbocycles. The fourth-order valence-corrected chi connectivity index (χ4v) is 1.61. The van der Waals surface area contributed by atoms with Gasteiger partial charge in [-0.05, 0) is 19.9 Å². The Labute approximate surface area is 74.9 Å². The van der Waals surface area contributed by atoms with E-state index in [1.54, 1.807) is 0 Å². The Hall–Kier alpha value is -0.120. The topological polar surface area (TPSA) is 38.5 Å². The predicted molar refractivity (Wildman–Crippen MR) is 50.1 cm³/mol. The van der Waals surface area contributed by atoms with Crippen molar-refractivity contribution in [2.24, 2.45) is 5.73 Å². The third-order valence-electron chi connectivity index (χ3n) is 2.33. The van der Waals surface area contributed by atoms with Gasteiger partial charge in [0.15, 0.2) is 0 Å². The third kappa shape index (κ3) is 2.73. The van der Waals surface area contributed by atoms with E-state index in [2.05, 4.69) is 18.9 Å². The summed E-state index contributed by atoms with van der Waals surface area (Å²) in [6.07, 6.45) is 2.46. The van der Waals surface area contributed by atoms with Crippen molar-refractivity contribution in [3.05, 3.63) is 0 Å². The van der Waals surface area contributed by atoms with Crippen LogP contribution in [-0.4, -0.2) is 43.8 Å². The lowest BCUT2D eigenvalue weighted by Gasteiger charge is -2.34. The zero-order valence-electron chi connectivity index (χ0n) is 8.12. The molecule has 0 aliphatic carbocycles. The Balaban J connectivity index is 2.25. The van der Waals surface area contributed by atoms with E-state index >= 15 is 0 Å². The summed E-state index contributed by atoms with van der Waals surface area (Å²) >= 11 is 0. The normalized spacial score (nSPS) is 32.2. The van der Waals surface area contributed by atoms with Gasteiger partial charge in [0.1, 0.15) is 0 Å². The molecule has 3 nitrogen and oxygen atoms in total. The predicted octanol–water partition coefficient (Wildman–Crippen LogP) is 0.444. The molecule has 0 aromatic heterocycles. The molecule has 0 amide bonds. The van der Waals surface area contributed by atoms with Crippen LogP contribution in [0.15, 0.2) is 0 Å². The molecule has 1 rings (SSSR count). The minimum atomic E-state index is 0.204. The van der Waals surface area contributed by atoms with Gasteiger partial charge in [-0.1, -0.05) is 6.92 Å². The molecule has 12 heavy (non-hydrogen) atoms. The highest BCUT2D eigenvalue weighted by atomic mass is 16.5. The van der Waals surface area contributed by atoms with Gasteiger partial charge in [-0.15, -0.1) is 0 Å². The van der Waals surface area contributed by atoms with E-state index in [1.807, 2.05) is 0 Å². The lowest BCUT2D eigenvalue weighted by atomic mass is 10.0. The average molecular weight is 172 g/mol. The summed E-state index contributed by atoms with van der Waals surface area (Å²) in [5.74, 6) is 0. The van der Waals surface area contributed by atoms with Gasteiger partial charge in [-0.25, -0.2) is 0 Å². The van der Waals surface area contributed by atoms with Crippen LogP contribution in [0.3, 0.4) is 0 Å². The fraction of sp³-hybridized carbons (Fsp3) is 1.00. The molecular weight excluding hydrogens is 152 g/mol. The number of ether oxygens (including phenoxy) is 1. The summed E-state index contributed by atoms with van der Waals surface area (Å²) < 4.78 is 5.64.